The maximum absolute atomic E-state index is 8.63. The van der Waals surface area contributed by atoms with Crippen molar-refractivity contribution in [2.45, 2.75) is 25.8 Å². The molecule has 4 heteroatoms. The van der Waals surface area contributed by atoms with E-state index in [9.17, 15) is 0 Å². The highest BCUT2D eigenvalue weighted by Crippen LogP contribution is 1.87. The summed E-state index contributed by atoms with van der Waals surface area (Å²) in [4.78, 5) is 2.62. The quantitative estimate of drug-likeness (QED) is 0.335. The highest BCUT2D eigenvalue weighted by Gasteiger charge is 2.10. The van der Waals surface area contributed by atoms with Crippen LogP contribution in [0.25, 0.3) is 0 Å². The Morgan fingerprint density at radius 2 is 2.12 bits per heavy atom. The second-order valence-corrected chi connectivity index (χ2v) is 3.80. The van der Waals surface area contributed by atoms with Gasteiger partial charge in [-0.2, -0.15) is 0 Å². The van der Waals surface area contributed by atoms with Crippen LogP contribution in [0.2, 0.25) is 6.04 Å². The molecule has 0 saturated heterocycles. The van der Waals surface area contributed by atoms with Crippen LogP contribution < -0.4 is 4.98 Å². The zero-order valence-electron chi connectivity index (χ0n) is 5.31. The average molecular weight is 135 g/mol. The van der Waals surface area contributed by atoms with E-state index in [0.717, 1.165) is 6.04 Å². The Balaban J connectivity index is 3.11. The first kappa shape index (κ1) is 8.10. The van der Waals surface area contributed by atoms with E-state index in [0.29, 0.717) is 0 Å². The Labute approximate surface area is 51.6 Å². The number of hydrogen-bond donors (Lipinski definition) is 3. The molecule has 8 heavy (non-hydrogen) atoms. The van der Waals surface area contributed by atoms with E-state index < -0.39 is 15.6 Å². The third-order valence-corrected chi connectivity index (χ3v) is 2.13. The molecule has 0 spiro atoms. The van der Waals surface area contributed by atoms with Crippen LogP contribution in [0.15, 0.2) is 0 Å². The van der Waals surface area contributed by atoms with E-state index in [1.165, 1.54) is 6.92 Å². The van der Waals surface area contributed by atoms with E-state index in [4.69, 9.17) is 10.2 Å². The van der Waals surface area contributed by atoms with Crippen molar-refractivity contribution in [1.29, 1.82) is 0 Å². The molecule has 0 aromatic carbocycles. The summed E-state index contributed by atoms with van der Waals surface area (Å²) in [5, 5.41) is 17.3. The van der Waals surface area contributed by atoms with Gasteiger partial charge in [-0.1, -0.05) is 13.0 Å². The highest BCUT2D eigenvalue weighted by atomic mass is 28.2. The van der Waals surface area contributed by atoms with Gasteiger partial charge in [0.1, 0.15) is 0 Å². The summed E-state index contributed by atoms with van der Waals surface area (Å²) < 4.78 is 0. The Kier molecular flexibility index (Phi) is 3.23. The van der Waals surface area contributed by atoms with Gasteiger partial charge in [0.2, 0.25) is 5.91 Å². The predicted molar refractivity (Wildman–Crippen MR) is 35.0 cm³/mol. The van der Waals surface area contributed by atoms with Crippen molar-refractivity contribution < 1.29 is 10.2 Å². The first-order valence-electron chi connectivity index (χ1n) is 2.76. The molecule has 0 amide bonds. The fraction of sp³-hybridized carbons (Fsp3) is 1.00. The van der Waals surface area contributed by atoms with Crippen LogP contribution in [-0.4, -0.2) is 25.8 Å². The van der Waals surface area contributed by atoms with Crippen molar-refractivity contribution in [3.63, 3.8) is 0 Å². The van der Waals surface area contributed by atoms with Crippen molar-refractivity contribution in [2.24, 2.45) is 0 Å². The topological polar surface area (TPSA) is 52.5 Å². The molecule has 50 valence electrons. The van der Waals surface area contributed by atoms with Gasteiger partial charge >= 0.3 is 0 Å². The highest BCUT2D eigenvalue weighted by molar-refractivity contribution is 6.32. The van der Waals surface area contributed by atoms with Crippen molar-refractivity contribution >= 4 is 9.68 Å². The first-order chi connectivity index (χ1) is 3.56. The van der Waals surface area contributed by atoms with Crippen LogP contribution in [-0.2, 0) is 0 Å². The lowest BCUT2D eigenvalue weighted by molar-refractivity contribution is -0.153. The molecule has 3 N–H and O–H groups in total. The van der Waals surface area contributed by atoms with Crippen LogP contribution in [0.1, 0.15) is 13.8 Å². The molecule has 0 saturated carbocycles. The summed E-state index contributed by atoms with van der Waals surface area (Å²) in [7, 11) is -0.432. The monoisotopic (exact) mass is 135 g/mol. The smallest absolute Gasteiger partial charge is 0.212 e. The van der Waals surface area contributed by atoms with Crippen LogP contribution in [0, 0.1) is 0 Å². The second-order valence-electron chi connectivity index (χ2n) is 1.95. The summed E-state index contributed by atoms with van der Waals surface area (Å²) in [6, 6.07) is 1.04. The van der Waals surface area contributed by atoms with E-state index in [1.807, 2.05) is 6.92 Å². The second kappa shape index (κ2) is 3.19. The van der Waals surface area contributed by atoms with Crippen molar-refractivity contribution in [3.05, 3.63) is 0 Å². The van der Waals surface area contributed by atoms with Crippen LogP contribution in [0.5, 0.6) is 0 Å². The van der Waals surface area contributed by atoms with Gasteiger partial charge in [-0.3, -0.25) is 4.98 Å². The summed E-state index contributed by atoms with van der Waals surface area (Å²) in [6.45, 7) is 3.35. The minimum atomic E-state index is -1.64. The molecule has 0 radical (unpaired) electrons. The maximum atomic E-state index is 8.63. The predicted octanol–water partition coefficient (Wildman–Crippen LogP) is -1.24. The third-order valence-electron chi connectivity index (χ3n) is 0.710. The molecule has 0 aromatic rings. The molecule has 0 heterocycles. The largest absolute Gasteiger partial charge is 0.354 e. The Morgan fingerprint density at radius 1 is 1.62 bits per heavy atom. The molecular formula is C4H13NO2Si. The zero-order valence-corrected chi connectivity index (χ0v) is 6.72. The standard InChI is InChI=1S/C4H13NO2Si/c1-3-8-5-4(2,6)7/h5-7H,3,8H2,1-2H3. The molecule has 0 bridgehead atoms. The number of rotatable bonds is 3. The fourth-order valence-corrected chi connectivity index (χ4v) is 1.09. The number of aliphatic hydroxyl groups is 2. The van der Waals surface area contributed by atoms with Gasteiger partial charge in [-0.05, 0) is 0 Å². The third kappa shape index (κ3) is 6.10. The van der Waals surface area contributed by atoms with Crippen LogP contribution in [0.4, 0.5) is 0 Å². The normalized spacial score (nSPS) is 13.5. The van der Waals surface area contributed by atoms with Gasteiger partial charge in [0.25, 0.3) is 0 Å². The minimum absolute atomic E-state index is 0.432. The fourth-order valence-electron chi connectivity index (χ4n) is 0.362. The molecule has 0 rings (SSSR count). The molecular weight excluding hydrogens is 122 g/mol. The molecule has 0 unspecified atom stereocenters. The SMILES string of the molecule is CC[SiH2]NC(C)(O)O. The van der Waals surface area contributed by atoms with Crippen molar-refractivity contribution in [3.8, 4) is 0 Å². The molecule has 0 aliphatic rings. The van der Waals surface area contributed by atoms with E-state index in [2.05, 4.69) is 4.98 Å². The van der Waals surface area contributed by atoms with Crippen molar-refractivity contribution in [1.82, 2.24) is 4.98 Å². The van der Waals surface area contributed by atoms with E-state index >= 15 is 0 Å². The number of hydrogen-bond acceptors (Lipinski definition) is 3. The lowest BCUT2D eigenvalue weighted by Crippen LogP contribution is -2.43. The van der Waals surface area contributed by atoms with Crippen molar-refractivity contribution in [2.75, 3.05) is 0 Å². The minimum Gasteiger partial charge on any atom is -0.354 e. The number of nitrogens with one attached hydrogen (secondary N) is 1. The van der Waals surface area contributed by atoms with Gasteiger partial charge in [0, 0.05) is 6.92 Å². The Hall–Kier alpha value is 0.0969. The summed E-state index contributed by atoms with van der Waals surface area (Å²) in [5.41, 5.74) is 0. The summed E-state index contributed by atoms with van der Waals surface area (Å²) >= 11 is 0. The Bertz CT molecular complexity index is 61.5. The van der Waals surface area contributed by atoms with Gasteiger partial charge < -0.3 is 10.2 Å². The van der Waals surface area contributed by atoms with Gasteiger partial charge in [0.05, 0.1) is 9.68 Å². The molecule has 0 fully saturated rings. The molecule has 3 nitrogen and oxygen atoms in total. The van der Waals surface area contributed by atoms with Gasteiger partial charge in [-0.25, -0.2) is 0 Å². The lowest BCUT2D eigenvalue weighted by Gasteiger charge is -2.16. The molecule has 0 aromatic heterocycles. The van der Waals surface area contributed by atoms with E-state index in [1.54, 1.807) is 0 Å². The Morgan fingerprint density at radius 3 is 2.25 bits per heavy atom. The van der Waals surface area contributed by atoms with E-state index in [-0.39, 0.29) is 0 Å². The van der Waals surface area contributed by atoms with Gasteiger partial charge in [0.15, 0.2) is 0 Å². The molecule has 0 atom stereocenters. The zero-order chi connectivity index (χ0) is 6.62. The molecule has 0 aliphatic heterocycles. The van der Waals surface area contributed by atoms with Crippen LogP contribution in [0.3, 0.4) is 0 Å². The lowest BCUT2D eigenvalue weighted by atomic mass is 10.6. The maximum Gasteiger partial charge on any atom is 0.212 e. The molecule has 0 aliphatic carbocycles. The van der Waals surface area contributed by atoms with Crippen LogP contribution >= 0.6 is 0 Å². The average Bonchev–Trinajstić information content (AvgIpc) is 1.59. The first-order valence-corrected chi connectivity index (χ1v) is 4.46. The summed E-state index contributed by atoms with van der Waals surface area (Å²) in [5.74, 6) is -1.64. The van der Waals surface area contributed by atoms with Gasteiger partial charge in [-0.15, -0.1) is 0 Å². The summed E-state index contributed by atoms with van der Waals surface area (Å²) in [6.07, 6.45) is 0.